The summed E-state index contributed by atoms with van der Waals surface area (Å²) in [6.07, 6.45) is 0. The number of halogens is 1. The van der Waals surface area contributed by atoms with Crippen LogP contribution in [-0.2, 0) is 0 Å². The molecule has 2 heterocycles. The molecule has 4 nitrogen and oxygen atoms in total. The number of benzene rings is 1. The average molecular weight is 337 g/mol. The molecule has 96 valence electrons. The molecule has 0 aliphatic rings. The van der Waals surface area contributed by atoms with Gasteiger partial charge >= 0.3 is 0 Å². The molecule has 0 saturated carbocycles. The Balaban J connectivity index is 1.86. The molecule has 0 bridgehead atoms. The van der Waals surface area contributed by atoms with E-state index in [2.05, 4.69) is 26.2 Å². The van der Waals surface area contributed by atoms with E-state index in [1.807, 2.05) is 0 Å². The first-order valence-corrected chi connectivity index (χ1v) is 7.22. The van der Waals surface area contributed by atoms with Crippen LogP contribution in [0.1, 0.15) is 16.2 Å². The summed E-state index contributed by atoms with van der Waals surface area (Å²) in [5, 5.41) is 4.64. The van der Waals surface area contributed by atoms with Crippen LogP contribution in [0.3, 0.4) is 0 Å². The number of carbonyl (C=O) groups is 1. The van der Waals surface area contributed by atoms with Crippen LogP contribution in [0.25, 0.3) is 11.1 Å². The van der Waals surface area contributed by atoms with Crippen molar-refractivity contribution in [1.82, 2.24) is 4.98 Å². The quantitative estimate of drug-likeness (QED) is 0.762. The highest BCUT2D eigenvalue weighted by molar-refractivity contribution is 9.11. The number of thiophene rings is 1. The molecule has 0 spiro atoms. The van der Waals surface area contributed by atoms with Crippen molar-refractivity contribution in [3.63, 3.8) is 0 Å². The third-order valence-electron chi connectivity index (χ3n) is 2.58. The summed E-state index contributed by atoms with van der Waals surface area (Å²) in [6, 6.07) is 7.19. The van der Waals surface area contributed by atoms with Crippen molar-refractivity contribution in [2.45, 2.75) is 6.92 Å². The van der Waals surface area contributed by atoms with Gasteiger partial charge in [-0.15, -0.1) is 11.3 Å². The zero-order chi connectivity index (χ0) is 13.4. The molecule has 0 atom stereocenters. The van der Waals surface area contributed by atoms with Crippen LogP contribution >= 0.6 is 27.3 Å². The van der Waals surface area contributed by atoms with Gasteiger partial charge in [-0.25, -0.2) is 4.98 Å². The monoisotopic (exact) mass is 336 g/mol. The lowest BCUT2D eigenvalue weighted by atomic mass is 10.2. The molecule has 19 heavy (non-hydrogen) atoms. The van der Waals surface area contributed by atoms with Gasteiger partial charge in [0, 0.05) is 18.0 Å². The second-order valence-corrected chi connectivity index (χ2v) is 6.30. The average Bonchev–Trinajstić information content (AvgIpc) is 2.93. The van der Waals surface area contributed by atoms with Gasteiger partial charge in [0.15, 0.2) is 11.5 Å². The highest BCUT2D eigenvalue weighted by Crippen LogP contribution is 2.23. The largest absolute Gasteiger partial charge is 0.441 e. The molecule has 0 aliphatic carbocycles. The summed E-state index contributed by atoms with van der Waals surface area (Å²) >= 11 is 4.81. The minimum atomic E-state index is -0.137. The van der Waals surface area contributed by atoms with Gasteiger partial charge in [0.2, 0.25) is 0 Å². The van der Waals surface area contributed by atoms with Gasteiger partial charge in [0.05, 0.1) is 9.35 Å². The van der Waals surface area contributed by atoms with Crippen molar-refractivity contribution in [2.24, 2.45) is 0 Å². The fourth-order valence-corrected chi connectivity index (χ4v) is 2.89. The Kier molecular flexibility index (Phi) is 3.12. The van der Waals surface area contributed by atoms with Gasteiger partial charge in [-0.1, -0.05) is 0 Å². The standard InChI is InChI=1S/C13H9BrN2O2S/c1-7-15-10-5-9(2-3-11(10)18-7)16-13(17)8-4-12(14)19-6-8/h2-6H,1H3,(H,16,17). The molecule has 0 saturated heterocycles. The molecule has 3 rings (SSSR count). The highest BCUT2D eigenvalue weighted by atomic mass is 79.9. The topological polar surface area (TPSA) is 55.1 Å². The molecule has 2 aromatic heterocycles. The maximum atomic E-state index is 12.0. The summed E-state index contributed by atoms with van der Waals surface area (Å²) < 4.78 is 6.32. The number of amides is 1. The van der Waals surface area contributed by atoms with Crippen molar-refractivity contribution in [1.29, 1.82) is 0 Å². The molecule has 0 radical (unpaired) electrons. The van der Waals surface area contributed by atoms with Crippen LogP contribution in [0.4, 0.5) is 5.69 Å². The van der Waals surface area contributed by atoms with Crippen molar-refractivity contribution in [2.75, 3.05) is 5.32 Å². The number of hydrogen-bond donors (Lipinski definition) is 1. The van der Waals surface area contributed by atoms with E-state index in [4.69, 9.17) is 4.42 Å². The van der Waals surface area contributed by atoms with E-state index in [0.29, 0.717) is 22.7 Å². The zero-order valence-corrected chi connectivity index (χ0v) is 12.3. The van der Waals surface area contributed by atoms with Gasteiger partial charge in [-0.05, 0) is 40.2 Å². The van der Waals surface area contributed by atoms with Crippen molar-refractivity contribution in [3.8, 4) is 0 Å². The summed E-state index contributed by atoms with van der Waals surface area (Å²) in [7, 11) is 0. The Bertz CT molecular complexity index is 763. The first-order chi connectivity index (χ1) is 9.11. The van der Waals surface area contributed by atoms with E-state index in [1.165, 1.54) is 11.3 Å². The molecule has 1 amide bonds. The number of nitrogens with one attached hydrogen (secondary N) is 1. The summed E-state index contributed by atoms with van der Waals surface area (Å²) in [5.41, 5.74) is 2.79. The minimum absolute atomic E-state index is 0.137. The smallest absolute Gasteiger partial charge is 0.256 e. The maximum Gasteiger partial charge on any atom is 0.256 e. The minimum Gasteiger partial charge on any atom is -0.441 e. The molecule has 0 aliphatic heterocycles. The van der Waals surface area contributed by atoms with E-state index in [-0.39, 0.29) is 5.91 Å². The third kappa shape index (κ3) is 2.54. The lowest BCUT2D eigenvalue weighted by Gasteiger charge is -2.02. The Morgan fingerprint density at radius 2 is 2.26 bits per heavy atom. The fraction of sp³-hybridized carbons (Fsp3) is 0.0769. The molecule has 0 unspecified atom stereocenters. The number of oxazole rings is 1. The number of fused-ring (bicyclic) bond motifs is 1. The SMILES string of the molecule is Cc1nc2cc(NC(=O)c3csc(Br)c3)ccc2o1. The molecule has 1 aromatic carbocycles. The predicted octanol–water partition coefficient (Wildman–Crippen LogP) is 4.21. The normalized spacial score (nSPS) is 10.8. The number of aromatic nitrogens is 1. The summed E-state index contributed by atoms with van der Waals surface area (Å²) in [5.74, 6) is 0.474. The van der Waals surface area contributed by atoms with Gasteiger partial charge in [-0.2, -0.15) is 0 Å². The molecule has 3 aromatic rings. The molecule has 1 N–H and O–H groups in total. The van der Waals surface area contributed by atoms with E-state index < -0.39 is 0 Å². The summed E-state index contributed by atoms with van der Waals surface area (Å²) in [4.78, 5) is 16.2. The van der Waals surface area contributed by atoms with Crippen LogP contribution in [0.15, 0.2) is 37.8 Å². The number of anilines is 1. The number of rotatable bonds is 2. The molecular weight excluding hydrogens is 328 g/mol. The van der Waals surface area contributed by atoms with Crippen LogP contribution in [-0.4, -0.2) is 10.9 Å². The predicted molar refractivity (Wildman–Crippen MR) is 78.7 cm³/mol. The van der Waals surface area contributed by atoms with E-state index in [1.54, 1.807) is 36.6 Å². The lowest BCUT2D eigenvalue weighted by Crippen LogP contribution is -2.10. The van der Waals surface area contributed by atoms with Crippen LogP contribution in [0.2, 0.25) is 0 Å². The van der Waals surface area contributed by atoms with E-state index >= 15 is 0 Å². The maximum absolute atomic E-state index is 12.0. The Labute approximate surface area is 121 Å². The molecular formula is C13H9BrN2O2S. The number of aryl methyl sites for hydroxylation is 1. The molecule has 0 fully saturated rings. The summed E-state index contributed by atoms with van der Waals surface area (Å²) in [6.45, 7) is 1.79. The van der Waals surface area contributed by atoms with E-state index in [0.717, 1.165) is 9.30 Å². The Hall–Kier alpha value is -1.66. The number of carbonyl (C=O) groups excluding carboxylic acids is 1. The van der Waals surface area contributed by atoms with Gasteiger partial charge in [-0.3, -0.25) is 4.79 Å². The van der Waals surface area contributed by atoms with Crippen LogP contribution < -0.4 is 5.32 Å². The number of hydrogen-bond acceptors (Lipinski definition) is 4. The van der Waals surface area contributed by atoms with Crippen LogP contribution in [0, 0.1) is 6.92 Å². The van der Waals surface area contributed by atoms with Crippen LogP contribution in [0.5, 0.6) is 0 Å². The first-order valence-electron chi connectivity index (χ1n) is 5.54. The first kappa shape index (κ1) is 12.4. The van der Waals surface area contributed by atoms with Crippen molar-refractivity contribution >= 4 is 50.0 Å². The second-order valence-electron chi connectivity index (χ2n) is 4.01. The second kappa shape index (κ2) is 4.79. The number of nitrogens with zero attached hydrogens (tertiary/aromatic N) is 1. The van der Waals surface area contributed by atoms with Crippen molar-refractivity contribution in [3.05, 3.63) is 44.9 Å². The molecule has 6 heteroatoms. The van der Waals surface area contributed by atoms with E-state index in [9.17, 15) is 4.79 Å². The zero-order valence-electron chi connectivity index (χ0n) is 9.94. The van der Waals surface area contributed by atoms with Gasteiger partial charge in [0.25, 0.3) is 5.91 Å². The fourth-order valence-electron chi connectivity index (χ4n) is 1.75. The third-order valence-corrected chi connectivity index (χ3v) is 4.09. The highest BCUT2D eigenvalue weighted by Gasteiger charge is 2.09. The lowest BCUT2D eigenvalue weighted by molar-refractivity contribution is 0.102. The van der Waals surface area contributed by atoms with Gasteiger partial charge in [0.1, 0.15) is 5.52 Å². The van der Waals surface area contributed by atoms with Crippen molar-refractivity contribution < 1.29 is 9.21 Å². The van der Waals surface area contributed by atoms with Gasteiger partial charge < -0.3 is 9.73 Å². The Morgan fingerprint density at radius 3 is 3.00 bits per heavy atom. The Morgan fingerprint density at radius 1 is 1.42 bits per heavy atom.